The Morgan fingerprint density at radius 2 is 1.39 bits per heavy atom. The average molecular weight is 381 g/mol. The number of hydrogen-bond acceptors (Lipinski definition) is 4. The van der Waals surface area contributed by atoms with Gasteiger partial charge in [-0.25, -0.2) is 0 Å². The van der Waals surface area contributed by atoms with Crippen LogP contribution in [-0.4, -0.2) is 47.9 Å². The highest BCUT2D eigenvalue weighted by atomic mass is 16.2. The Morgan fingerprint density at radius 3 is 1.89 bits per heavy atom. The van der Waals surface area contributed by atoms with Crippen LogP contribution in [0.1, 0.15) is 25.0 Å². The summed E-state index contributed by atoms with van der Waals surface area (Å²) in [6, 6.07) is 18.3. The number of benzene rings is 2. The first-order valence-electron chi connectivity index (χ1n) is 10.2. The monoisotopic (exact) mass is 380 g/mol. The molecule has 1 atom stereocenters. The Hall–Kier alpha value is -2.21. The molecular weight excluding hydrogens is 348 g/mol. The zero-order valence-electron chi connectivity index (χ0n) is 17.0. The van der Waals surface area contributed by atoms with Gasteiger partial charge in [-0.1, -0.05) is 56.3 Å². The third-order valence-corrected chi connectivity index (χ3v) is 5.36. The van der Waals surface area contributed by atoms with E-state index in [-0.39, 0.29) is 11.8 Å². The van der Waals surface area contributed by atoms with Gasteiger partial charge in [-0.15, -0.1) is 0 Å². The van der Waals surface area contributed by atoms with Crippen molar-refractivity contribution in [2.45, 2.75) is 33.0 Å². The van der Waals surface area contributed by atoms with E-state index in [1.807, 2.05) is 26.0 Å². The predicted octanol–water partition coefficient (Wildman–Crippen LogP) is 2.93. The molecule has 0 aromatic heterocycles. The molecule has 150 valence electrons. The Labute approximate surface area is 168 Å². The van der Waals surface area contributed by atoms with E-state index < -0.39 is 6.04 Å². The van der Waals surface area contributed by atoms with E-state index in [1.165, 1.54) is 11.1 Å². The molecule has 2 aromatic carbocycles. The number of amides is 1. The standard InChI is InChI=1S/C23H32N4O/c1-18(2)22(24)23(28)25-21-10-8-20(9-11-21)17-27-14-12-26(13-15-27)16-19-6-4-3-5-7-19/h3-11,18,22H,12-17,24H2,1-2H3,(H,25,28)/t22-/m0/s1. The maximum Gasteiger partial charge on any atom is 0.241 e. The van der Waals surface area contributed by atoms with Crippen LogP contribution >= 0.6 is 0 Å². The third kappa shape index (κ3) is 5.89. The van der Waals surface area contributed by atoms with Crippen LogP contribution in [0.2, 0.25) is 0 Å². The molecule has 1 aliphatic heterocycles. The van der Waals surface area contributed by atoms with Crippen molar-refractivity contribution in [2.75, 3.05) is 31.5 Å². The highest BCUT2D eigenvalue weighted by molar-refractivity contribution is 5.94. The summed E-state index contributed by atoms with van der Waals surface area (Å²) in [4.78, 5) is 17.1. The molecule has 0 unspecified atom stereocenters. The zero-order valence-corrected chi connectivity index (χ0v) is 17.0. The van der Waals surface area contributed by atoms with Crippen LogP contribution in [0.25, 0.3) is 0 Å². The van der Waals surface area contributed by atoms with E-state index in [0.717, 1.165) is 45.0 Å². The molecule has 1 aliphatic rings. The Kier molecular flexibility index (Phi) is 7.20. The van der Waals surface area contributed by atoms with E-state index in [2.05, 4.69) is 57.6 Å². The highest BCUT2D eigenvalue weighted by Crippen LogP contribution is 2.15. The normalized spacial score (nSPS) is 16.9. The molecule has 1 saturated heterocycles. The number of carbonyl (C=O) groups is 1. The Morgan fingerprint density at radius 1 is 0.893 bits per heavy atom. The second-order valence-electron chi connectivity index (χ2n) is 7.99. The maximum absolute atomic E-state index is 12.1. The van der Waals surface area contributed by atoms with Crippen LogP contribution in [0, 0.1) is 5.92 Å². The van der Waals surface area contributed by atoms with E-state index in [4.69, 9.17) is 5.73 Å². The molecule has 0 aliphatic carbocycles. The molecule has 3 N–H and O–H groups in total. The van der Waals surface area contributed by atoms with Crippen LogP contribution in [0.5, 0.6) is 0 Å². The summed E-state index contributed by atoms with van der Waals surface area (Å²) >= 11 is 0. The number of nitrogens with one attached hydrogen (secondary N) is 1. The topological polar surface area (TPSA) is 61.6 Å². The summed E-state index contributed by atoms with van der Waals surface area (Å²) in [6.45, 7) is 10.2. The fraction of sp³-hybridized carbons (Fsp3) is 0.435. The number of carbonyl (C=O) groups excluding carboxylic acids is 1. The quantitative estimate of drug-likeness (QED) is 0.775. The van der Waals surface area contributed by atoms with Gasteiger partial charge in [-0.05, 0) is 29.2 Å². The average Bonchev–Trinajstić information content (AvgIpc) is 2.71. The highest BCUT2D eigenvalue weighted by Gasteiger charge is 2.18. The van der Waals surface area contributed by atoms with Crippen molar-refractivity contribution in [2.24, 2.45) is 11.7 Å². The smallest absolute Gasteiger partial charge is 0.241 e. The molecule has 5 nitrogen and oxygen atoms in total. The van der Waals surface area contributed by atoms with Gasteiger partial charge < -0.3 is 11.1 Å². The summed E-state index contributed by atoms with van der Waals surface area (Å²) in [5.74, 6) is -0.00267. The van der Waals surface area contributed by atoms with Gasteiger partial charge in [-0.3, -0.25) is 14.6 Å². The van der Waals surface area contributed by atoms with Crippen LogP contribution in [0.4, 0.5) is 5.69 Å². The van der Waals surface area contributed by atoms with Gasteiger partial charge in [0, 0.05) is 45.0 Å². The SMILES string of the molecule is CC(C)[C@H](N)C(=O)Nc1ccc(CN2CCN(Cc3ccccc3)CC2)cc1. The largest absolute Gasteiger partial charge is 0.325 e. The molecule has 28 heavy (non-hydrogen) atoms. The molecular formula is C23H32N4O. The minimum atomic E-state index is -0.480. The number of anilines is 1. The minimum absolute atomic E-state index is 0.125. The van der Waals surface area contributed by atoms with E-state index >= 15 is 0 Å². The Bertz CT molecular complexity index is 737. The lowest BCUT2D eigenvalue weighted by Crippen LogP contribution is -2.45. The molecule has 1 fully saturated rings. The fourth-order valence-corrected chi connectivity index (χ4v) is 3.43. The first-order chi connectivity index (χ1) is 13.5. The van der Waals surface area contributed by atoms with E-state index in [0.29, 0.717) is 0 Å². The summed E-state index contributed by atoms with van der Waals surface area (Å²) in [5, 5.41) is 2.90. The van der Waals surface area contributed by atoms with Crippen molar-refractivity contribution in [3.8, 4) is 0 Å². The molecule has 5 heteroatoms. The molecule has 1 amide bonds. The number of hydrogen-bond donors (Lipinski definition) is 2. The van der Waals surface area contributed by atoms with E-state index in [9.17, 15) is 4.79 Å². The number of nitrogens with zero attached hydrogens (tertiary/aromatic N) is 2. The van der Waals surface area contributed by atoms with Crippen LogP contribution in [0.15, 0.2) is 54.6 Å². The summed E-state index contributed by atoms with van der Waals surface area (Å²) in [6.07, 6.45) is 0. The lowest BCUT2D eigenvalue weighted by Gasteiger charge is -2.34. The second-order valence-corrected chi connectivity index (χ2v) is 7.99. The number of rotatable bonds is 7. The lowest BCUT2D eigenvalue weighted by molar-refractivity contribution is -0.118. The summed E-state index contributed by atoms with van der Waals surface area (Å²) in [5.41, 5.74) is 9.35. The van der Waals surface area contributed by atoms with Gasteiger partial charge in [-0.2, -0.15) is 0 Å². The predicted molar refractivity (Wildman–Crippen MR) is 115 cm³/mol. The molecule has 0 radical (unpaired) electrons. The third-order valence-electron chi connectivity index (χ3n) is 5.36. The first-order valence-corrected chi connectivity index (χ1v) is 10.2. The van der Waals surface area contributed by atoms with Gasteiger partial charge in [0.25, 0.3) is 0 Å². The first kappa shape index (κ1) is 20.5. The second kappa shape index (κ2) is 9.82. The zero-order chi connectivity index (χ0) is 19.9. The van der Waals surface area contributed by atoms with Gasteiger partial charge in [0.15, 0.2) is 0 Å². The van der Waals surface area contributed by atoms with Gasteiger partial charge in [0.2, 0.25) is 5.91 Å². The number of piperazine rings is 1. The molecule has 0 saturated carbocycles. The van der Waals surface area contributed by atoms with E-state index in [1.54, 1.807) is 0 Å². The lowest BCUT2D eigenvalue weighted by atomic mass is 10.0. The van der Waals surface area contributed by atoms with Gasteiger partial charge in [0.05, 0.1) is 6.04 Å². The molecule has 0 bridgehead atoms. The molecule has 1 heterocycles. The maximum atomic E-state index is 12.1. The molecule has 2 aromatic rings. The summed E-state index contributed by atoms with van der Waals surface area (Å²) in [7, 11) is 0. The molecule has 0 spiro atoms. The van der Waals surface area contributed by atoms with Crippen molar-refractivity contribution >= 4 is 11.6 Å². The Balaban J connectivity index is 1.44. The van der Waals surface area contributed by atoms with Crippen molar-refractivity contribution in [1.82, 2.24) is 9.80 Å². The van der Waals surface area contributed by atoms with Crippen molar-refractivity contribution in [3.05, 3.63) is 65.7 Å². The fourth-order valence-electron chi connectivity index (χ4n) is 3.43. The van der Waals surface area contributed by atoms with Crippen molar-refractivity contribution in [3.63, 3.8) is 0 Å². The summed E-state index contributed by atoms with van der Waals surface area (Å²) < 4.78 is 0. The number of nitrogens with two attached hydrogens (primary N) is 1. The van der Waals surface area contributed by atoms with Crippen molar-refractivity contribution in [1.29, 1.82) is 0 Å². The van der Waals surface area contributed by atoms with Crippen LogP contribution in [-0.2, 0) is 17.9 Å². The van der Waals surface area contributed by atoms with Crippen LogP contribution < -0.4 is 11.1 Å². The molecule has 3 rings (SSSR count). The van der Waals surface area contributed by atoms with Gasteiger partial charge >= 0.3 is 0 Å². The van der Waals surface area contributed by atoms with Crippen molar-refractivity contribution < 1.29 is 4.79 Å². The minimum Gasteiger partial charge on any atom is -0.325 e. The van der Waals surface area contributed by atoms with Gasteiger partial charge in [0.1, 0.15) is 0 Å². The van der Waals surface area contributed by atoms with Crippen LogP contribution in [0.3, 0.4) is 0 Å².